The fourth-order valence-electron chi connectivity index (χ4n) is 2.75. The van der Waals surface area contributed by atoms with Gasteiger partial charge in [-0.15, -0.1) is 0 Å². The van der Waals surface area contributed by atoms with Crippen LogP contribution in [0.5, 0.6) is 0 Å². The Morgan fingerprint density at radius 3 is 2.61 bits per heavy atom. The average Bonchev–Trinajstić information content (AvgIpc) is 2.26. The number of hydrogen-bond donors (Lipinski definition) is 2. The van der Waals surface area contributed by atoms with Gasteiger partial charge in [0.2, 0.25) is 5.91 Å². The summed E-state index contributed by atoms with van der Waals surface area (Å²) < 4.78 is 0. The van der Waals surface area contributed by atoms with Gasteiger partial charge in [0.1, 0.15) is 6.04 Å². The Morgan fingerprint density at radius 2 is 2.11 bits per heavy atom. The van der Waals surface area contributed by atoms with Gasteiger partial charge in [0, 0.05) is 6.54 Å². The number of rotatable bonds is 4. The van der Waals surface area contributed by atoms with Crippen molar-refractivity contribution < 1.29 is 14.7 Å². The molecule has 0 saturated carbocycles. The van der Waals surface area contributed by atoms with Gasteiger partial charge in [0.25, 0.3) is 0 Å². The van der Waals surface area contributed by atoms with Crippen LogP contribution in [0, 0.1) is 5.41 Å². The van der Waals surface area contributed by atoms with Crippen molar-refractivity contribution in [2.45, 2.75) is 58.5 Å². The summed E-state index contributed by atoms with van der Waals surface area (Å²) in [5.41, 5.74) is 5.43. The summed E-state index contributed by atoms with van der Waals surface area (Å²) in [7, 11) is 0. The van der Waals surface area contributed by atoms with Gasteiger partial charge in [-0.25, -0.2) is 4.79 Å². The molecule has 1 unspecified atom stereocenters. The van der Waals surface area contributed by atoms with Gasteiger partial charge in [0.15, 0.2) is 0 Å². The van der Waals surface area contributed by atoms with Gasteiger partial charge in [0.05, 0.1) is 6.04 Å². The van der Waals surface area contributed by atoms with Crippen molar-refractivity contribution in [3.8, 4) is 0 Å². The Labute approximate surface area is 108 Å². The van der Waals surface area contributed by atoms with Crippen molar-refractivity contribution in [3.63, 3.8) is 0 Å². The Balaban J connectivity index is 2.91. The largest absolute Gasteiger partial charge is 0.480 e. The van der Waals surface area contributed by atoms with E-state index in [0.29, 0.717) is 13.0 Å². The fourth-order valence-corrected chi connectivity index (χ4v) is 2.75. The molecule has 0 spiro atoms. The van der Waals surface area contributed by atoms with Crippen LogP contribution < -0.4 is 5.73 Å². The number of likely N-dealkylation sites (tertiary alicyclic amines) is 1. The van der Waals surface area contributed by atoms with Crippen LogP contribution in [-0.4, -0.2) is 40.5 Å². The lowest BCUT2D eigenvalue weighted by Gasteiger charge is -2.44. The second-order valence-corrected chi connectivity index (χ2v) is 5.76. The lowest BCUT2D eigenvalue weighted by molar-refractivity contribution is -0.159. The molecule has 1 aliphatic rings. The van der Waals surface area contributed by atoms with Crippen molar-refractivity contribution >= 4 is 11.9 Å². The molecule has 18 heavy (non-hydrogen) atoms. The van der Waals surface area contributed by atoms with Gasteiger partial charge in [-0.2, -0.15) is 0 Å². The van der Waals surface area contributed by atoms with E-state index >= 15 is 0 Å². The molecule has 1 aliphatic heterocycles. The van der Waals surface area contributed by atoms with E-state index in [2.05, 4.69) is 0 Å². The first kappa shape index (κ1) is 15.0. The van der Waals surface area contributed by atoms with Crippen LogP contribution in [0.25, 0.3) is 0 Å². The number of carboxylic acids is 1. The van der Waals surface area contributed by atoms with Crippen LogP contribution in [0.1, 0.15) is 46.5 Å². The highest BCUT2D eigenvalue weighted by Crippen LogP contribution is 2.35. The molecule has 1 saturated heterocycles. The molecule has 1 amide bonds. The summed E-state index contributed by atoms with van der Waals surface area (Å²) in [4.78, 5) is 25.1. The molecule has 0 aromatic heterocycles. The zero-order valence-electron chi connectivity index (χ0n) is 11.5. The molecule has 1 fully saturated rings. The van der Waals surface area contributed by atoms with E-state index in [4.69, 9.17) is 5.73 Å². The molecule has 0 aromatic rings. The van der Waals surface area contributed by atoms with Crippen molar-refractivity contribution in [2.75, 3.05) is 6.54 Å². The molecule has 5 nitrogen and oxygen atoms in total. The molecule has 1 rings (SSSR count). The molecule has 0 aromatic carbocycles. The standard InChI is InChI=1S/C13H24N2O3/c1-4-6-9(14)11(16)15-8-5-7-13(2,3)10(15)12(17)18/h9-10H,4-8,14H2,1-3H3,(H,17,18)/t9-,10?/m1/s1. The van der Waals surface area contributed by atoms with Crippen molar-refractivity contribution in [3.05, 3.63) is 0 Å². The topological polar surface area (TPSA) is 83.6 Å². The summed E-state index contributed by atoms with van der Waals surface area (Å²) in [6.07, 6.45) is 3.07. The number of carbonyl (C=O) groups is 2. The van der Waals surface area contributed by atoms with Crippen molar-refractivity contribution in [1.29, 1.82) is 0 Å². The van der Waals surface area contributed by atoms with E-state index in [1.807, 2.05) is 20.8 Å². The summed E-state index contributed by atoms with van der Waals surface area (Å²) >= 11 is 0. The van der Waals surface area contributed by atoms with Crippen LogP contribution in [0.2, 0.25) is 0 Å². The van der Waals surface area contributed by atoms with E-state index in [1.165, 1.54) is 4.90 Å². The van der Waals surface area contributed by atoms with Gasteiger partial charge in [-0.3, -0.25) is 4.79 Å². The maximum atomic E-state index is 12.2. The van der Waals surface area contributed by atoms with E-state index in [-0.39, 0.29) is 5.91 Å². The summed E-state index contributed by atoms with van der Waals surface area (Å²) in [6, 6.07) is -1.34. The monoisotopic (exact) mass is 256 g/mol. The molecule has 0 bridgehead atoms. The number of amides is 1. The summed E-state index contributed by atoms with van der Waals surface area (Å²) in [5.74, 6) is -1.16. The van der Waals surface area contributed by atoms with Crippen LogP contribution >= 0.6 is 0 Å². The highest BCUT2D eigenvalue weighted by molar-refractivity contribution is 5.87. The van der Waals surface area contributed by atoms with E-state index < -0.39 is 23.5 Å². The average molecular weight is 256 g/mol. The number of aliphatic carboxylic acids is 1. The second kappa shape index (κ2) is 5.69. The minimum absolute atomic E-state index is 0.225. The molecule has 0 radical (unpaired) electrons. The number of nitrogens with zero attached hydrogens (tertiary/aromatic N) is 1. The molecule has 2 atom stereocenters. The maximum absolute atomic E-state index is 12.2. The maximum Gasteiger partial charge on any atom is 0.326 e. The van der Waals surface area contributed by atoms with E-state index in [1.54, 1.807) is 0 Å². The lowest BCUT2D eigenvalue weighted by atomic mass is 9.76. The van der Waals surface area contributed by atoms with Crippen LogP contribution in [0.3, 0.4) is 0 Å². The SMILES string of the molecule is CCC[C@@H](N)C(=O)N1CCCC(C)(C)C1C(=O)O. The van der Waals surface area contributed by atoms with Gasteiger partial charge in [-0.05, 0) is 24.7 Å². The Hall–Kier alpha value is -1.10. The van der Waals surface area contributed by atoms with Crippen LogP contribution in [0.15, 0.2) is 0 Å². The molecule has 3 N–H and O–H groups in total. The fraction of sp³-hybridized carbons (Fsp3) is 0.846. The van der Waals surface area contributed by atoms with Crippen molar-refractivity contribution in [2.24, 2.45) is 11.1 Å². The van der Waals surface area contributed by atoms with Crippen LogP contribution in [0.4, 0.5) is 0 Å². The first-order chi connectivity index (χ1) is 8.31. The Kier molecular flexibility index (Phi) is 4.73. The number of piperidine rings is 1. The zero-order chi connectivity index (χ0) is 13.9. The summed E-state index contributed by atoms with van der Waals surface area (Å²) in [5, 5.41) is 9.37. The minimum Gasteiger partial charge on any atom is -0.480 e. The zero-order valence-corrected chi connectivity index (χ0v) is 11.5. The first-order valence-corrected chi connectivity index (χ1v) is 6.60. The van der Waals surface area contributed by atoms with Gasteiger partial charge in [-0.1, -0.05) is 27.2 Å². The smallest absolute Gasteiger partial charge is 0.326 e. The molecule has 0 aliphatic carbocycles. The predicted octanol–water partition coefficient (Wildman–Crippen LogP) is 1.22. The first-order valence-electron chi connectivity index (χ1n) is 6.60. The molecule has 104 valence electrons. The van der Waals surface area contributed by atoms with E-state index in [0.717, 1.165) is 19.3 Å². The molecular formula is C13H24N2O3. The molecule has 1 heterocycles. The highest BCUT2D eigenvalue weighted by atomic mass is 16.4. The third-order valence-electron chi connectivity index (χ3n) is 3.71. The number of carbonyl (C=O) groups excluding carboxylic acids is 1. The van der Waals surface area contributed by atoms with Crippen LogP contribution in [-0.2, 0) is 9.59 Å². The molecular weight excluding hydrogens is 232 g/mol. The normalized spacial score (nSPS) is 24.7. The third-order valence-corrected chi connectivity index (χ3v) is 3.71. The van der Waals surface area contributed by atoms with Gasteiger partial charge >= 0.3 is 5.97 Å². The third kappa shape index (κ3) is 3.02. The highest BCUT2D eigenvalue weighted by Gasteiger charge is 2.45. The number of nitrogens with two attached hydrogens (primary N) is 1. The Bertz CT molecular complexity index is 328. The molecule has 5 heteroatoms. The quantitative estimate of drug-likeness (QED) is 0.792. The van der Waals surface area contributed by atoms with E-state index in [9.17, 15) is 14.7 Å². The summed E-state index contributed by atoms with van der Waals surface area (Å²) in [6.45, 7) is 6.26. The minimum atomic E-state index is -0.934. The number of carboxylic acid groups (broad SMARTS) is 1. The number of hydrogen-bond acceptors (Lipinski definition) is 3. The Morgan fingerprint density at radius 1 is 1.50 bits per heavy atom. The second-order valence-electron chi connectivity index (χ2n) is 5.76. The van der Waals surface area contributed by atoms with Gasteiger partial charge < -0.3 is 15.7 Å². The predicted molar refractivity (Wildman–Crippen MR) is 69.0 cm³/mol. The lowest BCUT2D eigenvalue weighted by Crippen LogP contribution is -2.59. The van der Waals surface area contributed by atoms with Crippen molar-refractivity contribution in [1.82, 2.24) is 4.90 Å².